The molecule has 1 aliphatic rings. The first kappa shape index (κ1) is 11.8. The molecule has 0 atom stereocenters. The van der Waals surface area contributed by atoms with Crippen molar-refractivity contribution in [3.63, 3.8) is 0 Å². The van der Waals surface area contributed by atoms with E-state index in [1.807, 2.05) is 13.0 Å². The highest BCUT2D eigenvalue weighted by Crippen LogP contribution is 2.31. The van der Waals surface area contributed by atoms with Gasteiger partial charge in [0.2, 0.25) is 0 Å². The lowest BCUT2D eigenvalue weighted by Gasteiger charge is -2.25. The highest BCUT2D eigenvalue weighted by Gasteiger charge is 2.16. The molecule has 1 aromatic rings. The number of halogens is 1. The number of nitrogen functional groups attached to an aromatic ring is 1. The summed E-state index contributed by atoms with van der Waals surface area (Å²) in [7, 11) is 0. The van der Waals surface area contributed by atoms with Crippen LogP contribution < -0.4 is 11.1 Å². The van der Waals surface area contributed by atoms with Crippen molar-refractivity contribution < 1.29 is 0 Å². The van der Waals surface area contributed by atoms with Gasteiger partial charge in [0.05, 0.1) is 0 Å². The van der Waals surface area contributed by atoms with Gasteiger partial charge in [-0.05, 0) is 52.9 Å². The third-order valence-electron chi connectivity index (χ3n) is 3.45. The Hall–Kier alpha value is -0.700. The minimum atomic E-state index is 0.844. The summed E-state index contributed by atoms with van der Waals surface area (Å²) in [5.41, 5.74) is 8.98. The topological polar surface area (TPSA) is 38.0 Å². The molecule has 88 valence electrons. The monoisotopic (exact) mass is 282 g/mol. The number of hydrogen-bond acceptors (Lipinski definition) is 2. The van der Waals surface area contributed by atoms with Crippen LogP contribution in [0.4, 0.5) is 11.4 Å². The van der Waals surface area contributed by atoms with Crippen LogP contribution >= 0.6 is 15.9 Å². The Morgan fingerprint density at radius 3 is 2.81 bits per heavy atom. The molecule has 16 heavy (non-hydrogen) atoms. The molecule has 1 aromatic carbocycles. The third kappa shape index (κ3) is 2.70. The van der Waals surface area contributed by atoms with Crippen LogP contribution in [-0.2, 0) is 0 Å². The number of aryl methyl sites for hydroxylation is 1. The van der Waals surface area contributed by atoms with Crippen molar-refractivity contribution in [1.29, 1.82) is 0 Å². The quantitative estimate of drug-likeness (QED) is 0.821. The maximum Gasteiger partial charge on any atom is 0.0488 e. The van der Waals surface area contributed by atoms with Crippen LogP contribution in [0.15, 0.2) is 16.6 Å². The van der Waals surface area contributed by atoms with E-state index >= 15 is 0 Å². The van der Waals surface area contributed by atoms with Crippen LogP contribution in [-0.4, -0.2) is 6.54 Å². The van der Waals surface area contributed by atoms with E-state index < -0.39 is 0 Å². The number of nitrogens with two attached hydrogens (primary N) is 1. The molecule has 3 N–H and O–H groups in total. The number of hydrogen-bond donors (Lipinski definition) is 2. The van der Waals surface area contributed by atoms with Gasteiger partial charge in [-0.1, -0.05) is 19.3 Å². The van der Waals surface area contributed by atoms with Crippen LogP contribution in [0.2, 0.25) is 0 Å². The van der Waals surface area contributed by atoms with Gasteiger partial charge in [-0.15, -0.1) is 0 Å². The average molecular weight is 283 g/mol. The fourth-order valence-electron chi connectivity index (χ4n) is 2.02. The summed E-state index contributed by atoms with van der Waals surface area (Å²) in [6.45, 7) is 3.10. The van der Waals surface area contributed by atoms with E-state index in [1.54, 1.807) is 0 Å². The fourth-order valence-corrected chi connectivity index (χ4v) is 2.53. The Labute approximate surface area is 106 Å². The lowest BCUT2D eigenvalue weighted by molar-refractivity contribution is 0.303. The molecule has 0 bridgehead atoms. The lowest BCUT2D eigenvalue weighted by Crippen LogP contribution is -2.15. The zero-order valence-corrected chi connectivity index (χ0v) is 11.3. The van der Waals surface area contributed by atoms with Crippen molar-refractivity contribution in [2.24, 2.45) is 5.92 Å². The first-order valence-electron chi connectivity index (χ1n) is 5.96. The molecule has 0 spiro atoms. The Bertz CT molecular complexity index is 372. The Morgan fingerprint density at radius 1 is 1.44 bits per heavy atom. The molecule has 0 unspecified atom stereocenters. The molecule has 2 rings (SSSR count). The zero-order valence-electron chi connectivity index (χ0n) is 9.72. The standard InChI is InChI=1S/C13H19BrN2/c1-9-7-13(11(14)8-12(9)15)16-6-5-10-3-2-4-10/h7-8,10,16H,2-6,15H2,1H3. The lowest BCUT2D eigenvalue weighted by atomic mass is 9.83. The summed E-state index contributed by atoms with van der Waals surface area (Å²) < 4.78 is 1.06. The zero-order chi connectivity index (χ0) is 11.5. The van der Waals surface area contributed by atoms with Crippen LogP contribution in [0.1, 0.15) is 31.2 Å². The van der Waals surface area contributed by atoms with Crippen molar-refractivity contribution >= 4 is 27.3 Å². The maximum atomic E-state index is 5.84. The smallest absolute Gasteiger partial charge is 0.0488 e. The molecule has 0 radical (unpaired) electrons. The van der Waals surface area contributed by atoms with Gasteiger partial charge < -0.3 is 11.1 Å². The van der Waals surface area contributed by atoms with Gasteiger partial charge in [-0.25, -0.2) is 0 Å². The van der Waals surface area contributed by atoms with Gasteiger partial charge in [-0.3, -0.25) is 0 Å². The predicted molar refractivity (Wildman–Crippen MR) is 73.7 cm³/mol. The largest absolute Gasteiger partial charge is 0.398 e. The van der Waals surface area contributed by atoms with E-state index in [4.69, 9.17) is 5.73 Å². The molecular formula is C13H19BrN2. The van der Waals surface area contributed by atoms with Gasteiger partial charge in [0.1, 0.15) is 0 Å². The fraction of sp³-hybridized carbons (Fsp3) is 0.538. The van der Waals surface area contributed by atoms with Crippen LogP contribution in [0, 0.1) is 12.8 Å². The molecule has 0 amide bonds. The Kier molecular flexibility index (Phi) is 3.74. The van der Waals surface area contributed by atoms with Gasteiger partial charge >= 0.3 is 0 Å². The van der Waals surface area contributed by atoms with Gasteiger partial charge in [0, 0.05) is 22.4 Å². The summed E-state index contributed by atoms with van der Waals surface area (Å²) in [5.74, 6) is 0.959. The van der Waals surface area contributed by atoms with E-state index in [-0.39, 0.29) is 0 Å². The maximum absolute atomic E-state index is 5.84. The number of anilines is 2. The second-order valence-electron chi connectivity index (χ2n) is 4.70. The van der Waals surface area contributed by atoms with E-state index in [0.717, 1.165) is 33.9 Å². The van der Waals surface area contributed by atoms with Crippen LogP contribution in [0.3, 0.4) is 0 Å². The Morgan fingerprint density at radius 2 is 2.19 bits per heavy atom. The summed E-state index contributed by atoms with van der Waals surface area (Å²) in [4.78, 5) is 0. The van der Waals surface area contributed by atoms with E-state index in [0.29, 0.717) is 0 Å². The van der Waals surface area contributed by atoms with E-state index in [1.165, 1.54) is 25.7 Å². The van der Waals surface area contributed by atoms with Crippen LogP contribution in [0.25, 0.3) is 0 Å². The molecule has 0 aliphatic heterocycles. The molecule has 1 fully saturated rings. The second-order valence-corrected chi connectivity index (χ2v) is 5.56. The minimum Gasteiger partial charge on any atom is -0.398 e. The molecule has 2 nitrogen and oxygen atoms in total. The molecule has 1 aliphatic carbocycles. The first-order valence-corrected chi connectivity index (χ1v) is 6.75. The van der Waals surface area contributed by atoms with Gasteiger partial charge in [0.25, 0.3) is 0 Å². The predicted octanol–water partition coefficient (Wildman–Crippen LogP) is 3.94. The Balaban J connectivity index is 1.90. The molecule has 0 saturated heterocycles. The van der Waals surface area contributed by atoms with Crippen LogP contribution in [0.5, 0.6) is 0 Å². The highest BCUT2D eigenvalue weighted by molar-refractivity contribution is 9.10. The summed E-state index contributed by atoms with van der Waals surface area (Å²) in [6, 6.07) is 4.08. The second kappa shape index (κ2) is 5.09. The minimum absolute atomic E-state index is 0.844. The number of rotatable bonds is 4. The van der Waals surface area contributed by atoms with Crippen molar-refractivity contribution in [2.75, 3.05) is 17.6 Å². The molecule has 0 aromatic heterocycles. The van der Waals surface area contributed by atoms with Gasteiger partial charge in [-0.2, -0.15) is 0 Å². The summed E-state index contributed by atoms with van der Waals surface area (Å²) >= 11 is 3.54. The van der Waals surface area contributed by atoms with Gasteiger partial charge in [0.15, 0.2) is 0 Å². The van der Waals surface area contributed by atoms with Crippen molar-refractivity contribution in [1.82, 2.24) is 0 Å². The first-order chi connectivity index (χ1) is 7.66. The SMILES string of the molecule is Cc1cc(NCCC2CCC2)c(Br)cc1N. The summed E-state index contributed by atoms with van der Waals surface area (Å²) in [6.07, 6.45) is 5.55. The molecular weight excluding hydrogens is 264 g/mol. The third-order valence-corrected chi connectivity index (χ3v) is 4.10. The van der Waals surface area contributed by atoms with Crippen molar-refractivity contribution in [2.45, 2.75) is 32.6 Å². The normalized spacial score (nSPS) is 15.9. The average Bonchev–Trinajstić information content (AvgIpc) is 2.17. The number of benzene rings is 1. The van der Waals surface area contributed by atoms with Crippen molar-refractivity contribution in [3.05, 3.63) is 22.2 Å². The molecule has 0 heterocycles. The number of nitrogens with one attached hydrogen (secondary N) is 1. The van der Waals surface area contributed by atoms with Crippen molar-refractivity contribution in [3.8, 4) is 0 Å². The summed E-state index contributed by atoms with van der Waals surface area (Å²) in [5, 5.41) is 3.48. The molecule has 3 heteroatoms. The van der Waals surface area contributed by atoms with E-state index in [2.05, 4.69) is 27.3 Å². The highest BCUT2D eigenvalue weighted by atomic mass is 79.9. The van der Waals surface area contributed by atoms with E-state index in [9.17, 15) is 0 Å². The molecule has 1 saturated carbocycles.